The molecule has 1 N–H and O–H groups in total. The lowest BCUT2D eigenvalue weighted by Crippen LogP contribution is -2.34. The van der Waals surface area contributed by atoms with Crippen molar-refractivity contribution in [3.8, 4) is 0 Å². The SMILES string of the molecule is c1ccc2c(c1)CCN(CCNc1nn3nnnc3c3ccccc13)C2. The maximum absolute atomic E-state index is 4.53. The average molecular weight is 345 g/mol. The highest BCUT2D eigenvalue weighted by Crippen LogP contribution is 2.23. The fourth-order valence-corrected chi connectivity index (χ4v) is 3.65. The van der Waals surface area contributed by atoms with E-state index in [1.165, 1.54) is 15.8 Å². The number of hydrogen-bond donors (Lipinski definition) is 1. The summed E-state index contributed by atoms with van der Waals surface area (Å²) in [5, 5.41) is 21.8. The molecule has 1 aliphatic heterocycles. The van der Waals surface area contributed by atoms with Gasteiger partial charge < -0.3 is 5.32 Å². The molecule has 1 aliphatic rings. The third kappa shape index (κ3) is 2.66. The van der Waals surface area contributed by atoms with Gasteiger partial charge in [-0.2, -0.15) is 0 Å². The first-order valence-electron chi connectivity index (χ1n) is 8.88. The third-order valence-electron chi connectivity index (χ3n) is 5.00. The zero-order chi connectivity index (χ0) is 17.3. The van der Waals surface area contributed by atoms with E-state index in [2.05, 4.69) is 61.2 Å². The van der Waals surface area contributed by atoms with Gasteiger partial charge in [0.05, 0.1) is 0 Å². The van der Waals surface area contributed by atoms with Crippen LogP contribution in [-0.2, 0) is 13.0 Å². The minimum Gasteiger partial charge on any atom is -0.367 e. The molecule has 0 bridgehead atoms. The lowest BCUT2D eigenvalue weighted by molar-refractivity contribution is 0.264. The van der Waals surface area contributed by atoms with Gasteiger partial charge in [-0.3, -0.25) is 4.90 Å². The van der Waals surface area contributed by atoms with Crippen LogP contribution in [0.4, 0.5) is 5.82 Å². The van der Waals surface area contributed by atoms with Gasteiger partial charge in [0.25, 0.3) is 0 Å². The van der Waals surface area contributed by atoms with E-state index >= 15 is 0 Å². The number of rotatable bonds is 4. The fourth-order valence-electron chi connectivity index (χ4n) is 3.65. The van der Waals surface area contributed by atoms with E-state index in [1.807, 2.05) is 18.2 Å². The molecular weight excluding hydrogens is 326 g/mol. The molecule has 7 nitrogen and oxygen atoms in total. The van der Waals surface area contributed by atoms with Gasteiger partial charge in [-0.05, 0) is 28.0 Å². The van der Waals surface area contributed by atoms with Crippen LogP contribution in [0.2, 0.25) is 0 Å². The van der Waals surface area contributed by atoms with Crippen molar-refractivity contribution in [3.63, 3.8) is 0 Å². The maximum Gasteiger partial charge on any atom is 0.207 e. The van der Waals surface area contributed by atoms with E-state index < -0.39 is 0 Å². The monoisotopic (exact) mass is 345 g/mol. The molecule has 7 heteroatoms. The first kappa shape index (κ1) is 15.2. The second kappa shape index (κ2) is 6.34. The summed E-state index contributed by atoms with van der Waals surface area (Å²) < 4.78 is 1.49. The van der Waals surface area contributed by atoms with E-state index in [9.17, 15) is 0 Å². The second-order valence-electron chi connectivity index (χ2n) is 6.61. The van der Waals surface area contributed by atoms with Crippen LogP contribution >= 0.6 is 0 Å². The Balaban J connectivity index is 1.33. The number of tetrazole rings is 1. The predicted molar refractivity (Wildman–Crippen MR) is 100.0 cm³/mol. The highest BCUT2D eigenvalue weighted by Gasteiger charge is 2.15. The standard InChI is InChI=1S/C19H19N7/c1-2-6-15-13-25(11-9-14(15)5-1)12-10-20-18-16-7-3-4-8-17(16)19-21-23-24-26(19)22-18/h1-8H,9-13H2,(H,20,22). The van der Waals surface area contributed by atoms with Crippen LogP contribution in [0.25, 0.3) is 16.4 Å². The van der Waals surface area contributed by atoms with Crippen molar-refractivity contribution in [1.29, 1.82) is 0 Å². The van der Waals surface area contributed by atoms with Crippen molar-refractivity contribution in [3.05, 3.63) is 59.7 Å². The Morgan fingerprint density at radius 1 is 0.962 bits per heavy atom. The third-order valence-corrected chi connectivity index (χ3v) is 5.00. The van der Waals surface area contributed by atoms with Crippen LogP contribution in [0, 0.1) is 0 Å². The fraction of sp³-hybridized carbons (Fsp3) is 0.263. The zero-order valence-corrected chi connectivity index (χ0v) is 14.3. The molecule has 0 fully saturated rings. The summed E-state index contributed by atoms with van der Waals surface area (Å²) in [5.74, 6) is 0.817. The first-order chi connectivity index (χ1) is 12.9. The van der Waals surface area contributed by atoms with Crippen LogP contribution in [0.5, 0.6) is 0 Å². The summed E-state index contributed by atoms with van der Waals surface area (Å²) in [6, 6.07) is 16.8. The Morgan fingerprint density at radius 3 is 2.69 bits per heavy atom. The van der Waals surface area contributed by atoms with E-state index in [0.29, 0.717) is 5.65 Å². The minimum atomic E-state index is 0.679. The molecule has 0 atom stereocenters. The summed E-state index contributed by atoms with van der Waals surface area (Å²) in [7, 11) is 0. The van der Waals surface area contributed by atoms with Crippen molar-refractivity contribution in [2.24, 2.45) is 0 Å². The van der Waals surface area contributed by atoms with Gasteiger partial charge in [-0.25, -0.2) is 0 Å². The molecule has 3 heterocycles. The van der Waals surface area contributed by atoms with Crippen LogP contribution in [0.15, 0.2) is 48.5 Å². The van der Waals surface area contributed by atoms with Crippen molar-refractivity contribution >= 4 is 22.2 Å². The molecule has 0 saturated heterocycles. The number of aromatic nitrogens is 5. The van der Waals surface area contributed by atoms with Crippen molar-refractivity contribution in [2.75, 3.05) is 25.0 Å². The Labute approximate surface area is 150 Å². The normalized spacial score (nSPS) is 14.6. The molecule has 130 valence electrons. The molecule has 0 aliphatic carbocycles. The lowest BCUT2D eigenvalue weighted by atomic mass is 10.00. The quantitative estimate of drug-likeness (QED) is 0.611. The molecule has 0 amide bonds. The van der Waals surface area contributed by atoms with Gasteiger partial charge in [0.1, 0.15) is 0 Å². The zero-order valence-electron chi connectivity index (χ0n) is 14.3. The number of benzene rings is 2. The molecule has 0 saturated carbocycles. The summed E-state index contributed by atoms with van der Waals surface area (Å²) in [5.41, 5.74) is 3.60. The van der Waals surface area contributed by atoms with Gasteiger partial charge in [0.15, 0.2) is 5.82 Å². The number of nitrogens with one attached hydrogen (secondary N) is 1. The van der Waals surface area contributed by atoms with Gasteiger partial charge in [-0.15, -0.1) is 14.8 Å². The molecule has 2 aromatic heterocycles. The number of hydrogen-bond acceptors (Lipinski definition) is 6. The Morgan fingerprint density at radius 2 is 1.77 bits per heavy atom. The summed E-state index contributed by atoms with van der Waals surface area (Å²) >= 11 is 0. The topological polar surface area (TPSA) is 71.2 Å². The highest BCUT2D eigenvalue weighted by atomic mass is 15.6. The second-order valence-corrected chi connectivity index (χ2v) is 6.61. The van der Waals surface area contributed by atoms with E-state index in [0.717, 1.165) is 49.2 Å². The van der Waals surface area contributed by atoms with E-state index in [1.54, 1.807) is 0 Å². The van der Waals surface area contributed by atoms with Crippen molar-refractivity contribution < 1.29 is 0 Å². The maximum atomic E-state index is 4.53. The van der Waals surface area contributed by atoms with Crippen LogP contribution < -0.4 is 5.32 Å². The first-order valence-corrected chi connectivity index (χ1v) is 8.88. The predicted octanol–water partition coefficient (Wildman–Crippen LogP) is 2.14. The number of fused-ring (bicyclic) bond motifs is 4. The largest absolute Gasteiger partial charge is 0.367 e. The molecular formula is C19H19N7. The molecule has 5 rings (SSSR count). The minimum absolute atomic E-state index is 0.679. The van der Waals surface area contributed by atoms with Crippen LogP contribution in [0.1, 0.15) is 11.1 Å². The smallest absolute Gasteiger partial charge is 0.207 e. The Bertz CT molecular complexity index is 1070. The molecule has 2 aromatic carbocycles. The highest BCUT2D eigenvalue weighted by molar-refractivity contribution is 5.99. The van der Waals surface area contributed by atoms with Gasteiger partial charge in [-0.1, -0.05) is 48.5 Å². The summed E-state index contributed by atoms with van der Waals surface area (Å²) in [4.78, 5) is 2.48. The number of anilines is 1. The molecule has 0 radical (unpaired) electrons. The van der Waals surface area contributed by atoms with Gasteiger partial charge in [0, 0.05) is 37.0 Å². The van der Waals surface area contributed by atoms with Crippen molar-refractivity contribution in [1.82, 2.24) is 30.2 Å². The van der Waals surface area contributed by atoms with Crippen molar-refractivity contribution in [2.45, 2.75) is 13.0 Å². The molecule has 0 unspecified atom stereocenters. The van der Waals surface area contributed by atoms with E-state index in [-0.39, 0.29) is 0 Å². The lowest BCUT2D eigenvalue weighted by Gasteiger charge is -2.28. The van der Waals surface area contributed by atoms with Gasteiger partial charge >= 0.3 is 0 Å². The Kier molecular flexibility index (Phi) is 3.71. The van der Waals surface area contributed by atoms with Crippen LogP contribution in [-0.4, -0.2) is 49.8 Å². The summed E-state index contributed by atoms with van der Waals surface area (Å²) in [6.45, 7) is 3.90. The number of nitrogens with zero attached hydrogens (tertiary/aromatic N) is 6. The molecule has 0 spiro atoms. The Hall–Kier alpha value is -3.06. The average Bonchev–Trinajstić information content (AvgIpc) is 3.17. The van der Waals surface area contributed by atoms with Crippen LogP contribution in [0.3, 0.4) is 0 Å². The summed E-state index contributed by atoms with van der Waals surface area (Å²) in [6.07, 6.45) is 1.12. The van der Waals surface area contributed by atoms with E-state index in [4.69, 9.17) is 0 Å². The molecule has 4 aromatic rings. The van der Waals surface area contributed by atoms with Gasteiger partial charge in [0.2, 0.25) is 5.65 Å². The molecule has 26 heavy (non-hydrogen) atoms.